The Morgan fingerprint density at radius 3 is 2.15 bits per heavy atom. The Morgan fingerprint density at radius 2 is 1.70 bits per heavy atom. The van der Waals surface area contributed by atoms with Crippen molar-refractivity contribution >= 4 is 21.7 Å². The molecule has 0 bridgehead atoms. The average molecular weight is 583 g/mol. The van der Waals surface area contributed by atoms with Crippen LogP contribution in [0.25, 0.3) is 11.3 Å². The van der Waals surface area contributed by atoms with Gasteiger partial charge in [0.1, 0.15) is 11.4 Å². The van der Waals surface area contributed by atoms with Crippen LogP contribution in [0.5, 0.6) is 5.75 Å². The van der Waals surface area contributed by atoms with Crippen molar-refractivity contribution in [3.63, 3.8) is 0 Å². The summed E-state index contributed by atoms with van der Waals surface area (Å²) in [5.74, 6) is -1.66. The predicted octanol–water partition coefficient (Wildman–Crippen LogP) is 3.76. The van der Waals surface area contributed by atoms with E-state index >= 15 is 0 Å². The summed E-state index contributed by atoms with van der Waals surface area (Å²) in [5, 5.41) is 11.4. The van der Waals surface area contributed by atoms with Gasteiger partial charge in [0.15, 0.2) is 9.84 Å². The van der Waals surface area contributed by atoms with E-state index in [4.69, 9.17) is 14.6 Å². The van der Waals surface area contributed by atoms with Crippen LogP contribution in [0.1, 0.15) is 29.0 Å². The number of carbonyl (C=O) groups excluding carboxylic acids is 1. The fourth-order valence-electron chi connectivity index (χ4n) is 4.00. The lowest BCUT2D eigenvalue weighted by atomic mass is 9.97. The Bertz CT molecular complexity index is 1430. The number of hydrogen-bond donors (Lipinski definition) is 1. The van der Waals surface area contributed by atoms with E-state index in [1.165, 1.54) is 6.26 Å². The van der Waals surface area contributed by atoms with Crippen molar-refractivity contribution in [2.75, 3.05) is 26.0 Å². The molecule has 14 heteroatoms. The number of piperidine rings is 1. The topological polar surface area (TPSA) is 132 Å². The second-order valence-electron chi connectivity index (χ2n) is 9.32. The van der Waals surface area contributed by atoms with E-state index in [0.29, 0.717) is 37.1 Å². The third-order valence-electron chi connectivity index (χ3n) is 6.17. The molecule has 3 heterocycles. The summed E-state index contributed by atoms with van der Waals surface area (Å²) in [6.07, 6.45) is -0.430. The molecule has 1 N–H and O–H groups in total. The molecule has 1 saturated heterocycles. The molecule has 4 rings (SSSR count). The highest BCUT2D eigenvalue weighted by Crippen LogP contribution is 2.24. The molecule has 10 nitrogen and oxygen atoms in total. The predicted molar refractivity (Wildman–Crippen MR) is 139 cm³/mol. The van der Waals surface area contributed by atoms with Gasteiger partial charge in [-0.1, -0.05) is 12.1 Å². The van der Waals surface area contributed by atoms with Crippen molar-refractivity contribution in [1.82, 2.24) is 19.7 Å². The summed E-state index contributed by atoms with van der Waals surface area (Å²) >= 11 is 0. The Labute approximate surface area is 229 Å². The number of alkyl halides is 3. The van der Waals surface area contributed by atoms with Gasteiger partial charge < -0.3 is 14.7 Å². The number of sulfone groups is 1. The van der Waals surface area contributed by atoms with Crippen molar-refractivity contribution in [2.45, 2.75) is 30.8 Å². The van der Waals surface area contributed by atoms with Crippen LogP contribution in [-0.2, 0) is 21.7 Å². The van der Waals surface area contributed by atoms with Gasteiger partial charge in [-0.25, -0.2) is 13.2 Å². The van der Waals surface area contributed by atoms with E-state index in [1.54, 1.807) is 42.2 Å². The molecule has 1 fully saturated rings. The van der Waals surface area contributed by atoms with E-state index in [1.807, 2.05) is 30.0 Å². The number of rotatable bonds is 6. The van der Waals surface area contributed by atoms with E-state index in [9.17, 15) is 26.4 Å². The van der Waals surface area contributed by atoms with Crippen LogP contribution in [0.3, 0.4) is 0 Å². The molecular weight excluding hydrogens is 553 g/mol. The van der Waals surface area contributed by atoms with Gasteiger partial charge in [-0.15, -0.1) is 0 Å². The van der Waals surface area contributed by atoms with E-state index in [-0.39, 0.29) is 10.8 Å². The van der Waals surface area contributed by atoms with E-state index in [2.05, 4.69) is 10.1 Å². The lowest BCUT2D eigenvalue weighted by Gasteiger charge is -2.31. The molecule has 0 radical (unpaired) electrons. The molecular formula is C26H29F3N4O6S. The third kappa shape index (κ3) is 8.28. The first-order chi connectivity index (χ1) is 18.6. The van der Waals surface area contributed by atoms with Gasteiger partial charge in [0, 0.05) is 32.0 Å². The summed E-state index contributed by atoms with van der Waals surface area (Å²) in [7, 11) is -1.42. The molecule has 0 spiro atoms. The van der Waals surface area contributed by atoms with Crippen LogP contribution < -0.4 is 4.74 Å². The highest BCUT2D eigenvalue weighted by molar-refractivity contribution is 7.90. The lowest BCUT2D eigenvalue weighted by molar-refractivity contribution is -0.192. The smallest absolute Gasteiger partial charge is 0.490 e. The number of nitrogens with zero attached hydrogens (tertiary/aromatic N) is 4. The molecule has 40 heavy (non-hydrogen) atoms. The minimum Gasteiger partial charge on any atom is -0.492 e. The molecule has 0 atom stereocenters. The molecule has 3 aromatic rings. The Kier molecular flexibility index (Phi) is 9.56. The van der Waals surface area contributed by atoms with E-state index in [0.717, 1.165) is 29.8 Å². The number of likely N-dealkylation sites (tertiary alicyclic amines) is 1. The standard InChI is InChI=1S/C24H28N4O4S.C2HF3O2/c1-17-14-23(27(2)26-17)24(29)28-12-10-18(11-13-28)16-32-20-6-9-22(25-15-20)19-4-7-21(8-5-19)33(3,30)31;3-2(4,5)1(6)7/h4-9,14-15,18H,10-13,16H2,1-3H3;(H,6,7). The fourth-order valence-corrected chi connectivity index (χ4v) is 4.63. The Hall–Kier alpha value is -3.94. The number of carboxylic acid groups (broad SMARTS) is 1. The molecule has 1 aliphatic rings. The van der Waals surface area contributed by atoms with Crippen molar-refractivity contribution in [2.24, 2.45) is 13.0 Å². The van der Waals surface area contributed by atoms with Crippen LogP contribution >= 0.6 is 0 Å². The number of aryl methyl sites for hydroxylation is 2. The van der Waals surface area contributed by atoms with Gasteiger partial charge in [0.25, 0.3) is 5.91 Å². The number of aliphatic carboxylic acids is 1. The number of hydrogen-bond acceptors (Lipinski definition) is 7. The normalized spacial score (nSPS) is 14.3. The Balaban J connectivity index is 0.000000559. The van der Waals surface area contributed by atoms with Crippen LogP contribution in [0.2, 0.25) is 0 Å². The maximum Gasteiger partial charge on any atom is 0.490 e. The minimum absolute atomic E-state index is 0.0295. The number of carbonyl (C=O) groups is 2. The van der Waals surface area contributed by atoms with Crippen molar-refractivity contribution in [3.8, 4) is 17.0 Å². The first-order valence-corrected chi connectivity index (χ1v) is 14.0. The number of benzene rings is 1. The van der Waals surface area contributed by atoms with Crippen molar-refractivity contribution in [1.29, 1.82) is 0 Å². The van der Waals surface area contributed by atoms with E-state index < -0.39 is 22.0 Å². The van der Waals surface area contributed by atoms with Crippen LogP contribution in [-0.4, -0.2) is 77.2 Å². The number of aromatic nitrogens is 3. The van der Waals surface area contributed by atoms with Crippen LogP contribution in [0.15, 0.2) is 53.6 Å². The average Bonchev–Trinajstić information content (AvgIpc) is 3.24. The maximum atomic E-state index is 12.7. The molecule has 216 valence electrons. The zero-order valence-electron chi connectivity index (χ0n) is 22.1. The maximum absolute atomic E-state index is 12.7. The zero-order valence-corrected chi connectivity index (χ0v) is 22.9. The molecule has 2 aromatic heterocycles. The van der Waals surface area contributed by atoms with Gasteiger partial charge in [0.2, 0.25) is 0 Å². The second-order valence-corrected chi connectivity index (χ2v) is 11.3. The third-order valence-corrected chi connectivity index (χ3v) is 7.29. The molecule has 1 aromatic carbocycles. The minimum atomic E-state index is -5.08. The second kappa shape index (κ2) is 12.5. The largest absolute Gasteiger partial charge is 0.492 e. The first kappa shape index (κ1) is 30.6. The highest BCUT2D eigenvalue weighted by Gasteiger charge is 2.38. The van der Waals surface area contributed by atoms with Crippen molar-refractivity contribution in [3.05, 3.63) is 60.0 Å². The lowest BCUT2D eigenvalue weighted by Crippen LogP contribution is -2.40. The molecule has 1 aliphatic heterocycles. The summed E-state index contributed by atoms with van der Waals surface area (Å²) in [6, 6.07) is 12.2. The number of pyridine rings is 1. The molecule has 0 unspecified atom stereocenters. The van der Waals surface area contributed by atoms with Gasteiger partial charge >= 0.3 is 12.1 Å². The van der Waals surface area contributed by atoms with Crippen molar-refractivity contribution < 1.29 is 41.0 Å². The zero-order chi connectivity index (χ0) is 29.7. The SMILES string of the molecule is Cc1cc(C(=O)N2CCC(COc3ccc(-c4ccc(S(C)(=O)=O)cc4)nc3)CC2)n(C)n1.O=C(O)C(F)(F)F. The van der Waals surface area contributed by atoms with Gasteiger partial charge in [0.05, 0.1) is 29.1 Å². The van der Waals surface area contributed by atoms with Gasteiger partial charge in [-0.2, -0.15) is 18.3 Å². The molecule has 0 saturated carbocycles. The van der Waals surface area contributed by atoms with Crippen LogP contribution in [0.4, 0.5) is 13.2 Å². The summed E-state index contributed by atoms with van der Waals surface area (Å²) in [6.45, 7) is 3.88. The summed E-state index contributed by atoms with van der Waals surface area (Å²) < 4.78 is 62.5. The molecule has 1 amide bonds. The number of carboxylic acids is 1. The molecule has 0 aliphatic carbocycles. The highest BCUT2D eigenvalue weighted by atomic mass is 32.2. The van der Waals surface area contributed by atoms with Gasteiger partial charge in [-0.3, -0.25) is 14.5 Å². The number of halogens is 3. The summed E-state index contributed by atoms with van der Waals surface area (Å²) in [4.78, 5) is 28.2. The monoisotopic (exact) mass is 582 g/mol. The number of amides is 1. The quantitative estimate of drug-likeness (QED) is 0.465. The first-order valence-electron chi connectivity index (χ1n) is 12.1. The van der Waals surface area contributed by atoms with Gasteiger partial charge in [-0.05, 0) is 56.0 Å². The summed E-state index contributed by atoms with van der Waals surface area (Å²) in [5.41, 5.74) is 3.06. The van der Waals surface area contributed by atoms with Crippen LogP contribution in [0, 0.1) is 12.8 Å². The fraction of sp³-hybridized carbons (Fsp3) is 0.385. The number of ether oxygens (including phenoxy) is 1. The Morgan fingerprint density at radius 1 is 1.10 bits per heavy atom.